The Labute approximate surface area is 311 Å². The Morgan fingerprint density at radius 3 is 2.17 bits per heavy atom. The lowest BCUT2D eigenvalue weighted by Crippen LogP contribution is -2.44. The highest BCUT2D eigenvalue weighted by Gasteiger charge is 2.37. The van der Waals surface area contributed by atoms with E-state index < -0.39 is 39.7 Å². The number of alkyl carbamates (subject to hydrolysis) is 1. The second-order valence-electron chi connectivity index (χ2n) is 14.2. The highest BCUT2D eigenvalue weighted by Crippen LogP contribution is 2.45. The number of hydrogen-bond acceptors (Lipinski definition) is 8. The van der Waals surface area contributed by atoms with Crippen LogP contribution in [0.3, 0.4) is 0 Å². The van der Waals surface area contributed by atoms with Crippen molar-refractivity contribution in [2.24, 2.45) is 0 Å². The van der Waals surface area contributed by atoms with Gasteiger partial charge in [0.05, 0.1) is 4.90 Å². The van der Waals surface area contributed by atoms with Gasteiger partial charge in [0.15, 0.2) is 0 Å². The summed E-state index contributed by atoms with van der Waals surface area (Å²) in [4.78, 5) is 26.6. The Morgan fingerprint density at radius 1 is 0.887 bits per heavy atom. The standard InChI is InChI=1S/C41H46N4O7S/c1-25-26(2)37(27(3)33-22-41(4,5)52-36(25)33)53(48,49)45-39(42)43-21-13-20-35(38(46)50-23-28-14-7-6-8-15-28)44-40(47)51-24-34-31-18-11-9-16-29(31)30-17-10-12-19-32(30)34/h6-12,14-19,34-35H,13,20-24H2,1-5H3,(H,44,47)(H3,42,43,45)/t35-/m1/s1. The molecule has 1 aliphatic carbocycles. The third-order valence-electron chi connectivity index (χ3n) is 9.91. The van der Waals surface area contributed by atoms with Crippen molar-refractivity contribution in [3.63, 3.8) is 0 Å². The minimum Gasteiger partial charge on any atom is -0.487 e. The summed E-state index contributed by atoms with van der Waals surface area (Å²) in [6.45, 7) is 9.53. The Morgan fingerprint density at radius 2 is 1.51 bits per heavy atom. The molecule has 11 nitrogen and oxygen atoms in total. The molecule has 0 radical (unpaired) electrons. The molecule has 0 spiro atoms. The monoisotopic (exact) mass is 738 g/mol. The van der Waals surface area contributed by atoms with Crippen LogP contribution in [-0.2, 0) is 37.3 Å². The smallest absolute Gasteiger partial charge is 0.407 e. The van der Waals surface area contributed by atoms with Crippen molar-refractivity contribution in [3.8, 4) is 16.9 Å². The number of guanidine groups is 1. The molecule has 0 bridgehead atoms. The third-order valence-corrected chi connectivity index (χ3v) is 11.5. The van der Waals surface area contributed by atoms with Gasteiger partial charge in [-0.3, -0.25) is 5.41 Å². The van der Waals surface area contributed by atoms with E-state index in [1.54, 1.807) is 13.8 Å². The third kappa shape index (κ3) is 8.17. The van der Waals surface area contributed by atoms with Gasteiger partial charge in [0.2, 0.25) is 5.96 Å². The number of sulfonamides is 1. The predicted molar refractivity (Wildman–Crippen MR) is 203 cm³/mol. The minimum atomic E-state index is -4.11. The molecule has 0 saturated heterocycles. The normalized spacial score (nSPS) is 14.6. The zero-order chi connectivity index (χ0) is 37.9. The van der Waals surface area contributed by atoms with Gasteiger partial charge in [-0.25, -0.2) is 22.7 Å². The summed E-state index contributed by atoms with van der Waals surface area (Å²) in [6.07, 6.45) is 0.252. The van der Waals surface area contributed by atoms with Crippen LogP contribution in [0.15, 0.2) is 83.8 Å². The maximum Gasteiger partial charge on any atom is 0.407 e. The molecular formula is C41H46N4O7S. The molecule has 2 aliphatic rings. The van der Waals surface area contributed by atoms with Gasteiger partial charge in [-0.2, -0.15) is 0 Å². The topological polar surface area (TPSA) is 156 Å². The number of fused-ring (bicyclic) bond motifs is 4. The van der Waals surface area contributed by atoms with Gasteiger partial charge in [0.25, 0.3) is 10.0 Å². The van der Waals surface area contributed by atoms with Crippen molar-refractivity contribution in [2.75, 3.05) is 13.2 Å². The summed E-state index contributed by atoms with van der Waals surface area (Å²) in [7, 11) is -4.11. The van der Waals surface area contributed by atoms with Gasteiger partial charge in [-0.05, 0) is 92.0 Å². The van der Waals surface area contributed by atoms with Gasteiger partial charge in [0.1, 0.15) is 30.6 Å². The molecule has 53 heavy (non-hydrogen) atoms. The molecule has 1 amide bonds. The number of amides is 1. The number of benzene rings is 4. The van der Waals surface area contributed by atoms with Crippen LogP contribution in [0.5, 0.6) is 5.75 Å². The first-order chi connectivity index (χ1) is 25.3. The molecule has 12 heteroatoms. The van der Waals surface area contributed by atoms with Crippen molar-refractivity contribution >= 4 is 28.0 Å². The molecule has 4 aromatic carbocycles. The molecule has 0 fully saturated rings. The second-order valence-corrected chi connectivity index (χ2v) is 15.8. The summed E-state index contributed by atoms with van der Waals surface area (Å²) in [5, 5.41) is 13.8. The van der Waals surface area contributed by atoms with E-state index in [0.29, 0.717) is 24.0 Å². The predicted octanol–water partition coefficient (Wildman–Crippen LogP) is 6.56. The average Bonchev–Trinajstić information content (AvgIpc) is 3.64. The highest BCUT2D eigenvalue weighted by atomic mass is 32.2. The summed E-state index contributed by atoms with van der Waals surface area (Å²) in [5.41, 5.74) is 7.47. The molecule has 278 valence electrons. The number of rotatable bonds is 12. The number of hydrogen-bond donors (Lipinski definition) is 4. The van der Waals surface area contributed by atoms with Crippen LogP contribution in [-0.4, -0.2) is 51.2 Å². The fourth-order valence-electron chi connectivity index (χ4n) is 7.25. The molecule has 6 rings (SSSR count). The van der Waals surface area contributed by atoms with Gasteiger partial charge < -0.3 is 24.8 Å². The zero-order valence-electron chi connectivity index (χ0n) is 30.7. The summed E-state index contributed by atoms with van der Waals surface area (Å²) < 4.78 is 46.9. The summed E-state index contributed by atoms with van der Waals surface area (Å²) >= 11 is 0. The highest BCUT2D eigenvalue weighted by molar-refractivity contribution is 7.90. The first kappa shape index (κ1) is 37.4. The van der Waals surface area contributed by atoms with E-state index in [1.807, 2.05) is 87.5 Å². The van der Waals surface area contributed by atoms with Crippen molar-refractivity contribution in [3.05, 3.63) is 118 Å². The van der Waals surface area contributed by atoms with Gasteiger partial charge >= 0.3 is 12.1 Å². The molecule has 4 N–H and O–H groups in total. The van der Waals surface area contributed by atoms with Crippen molar-refractivity contribution < 1.29 is 32.2 Å². The van der Waals surface area contributed by atoms with Crippen LogP contribution in [0.1, 0.15) is 71.6 Å². The maximum atomic E-state index is 13.6. The Bertz CT molecular complexity index is 2110. The fourth-order valence-corrected chi connectivity index (χ4v) is 8.77. The van der Waals surface area contributed by atoms with Crippen LogP contribution in [0.25, 0.3) is 11.1 Å². The molecule has 0 unspecified atom stereocenters. The number of carbonyl (C=O) groups is 2. The lowest BCUT2D eigenvalue weighted by atomic mass is 9.94. The molecule has 4 aromatic rings. The number of esters is 1. The number of ether oxygens (including phenoxy) is 3. The summed E-state index contributed by atoms with van der Waals surface area (Å²) in [6, 6.07) is 24.2. The van der Waals surface area contributed by atoms with Crippen LogP contribution < -0.4 is 20.1 Å². The first-order valence-corrected chi connectivity index (χ1v) is 19.2. The molecule has 0 saturated carbocycles. The van der Waals surface area contributed by atoms with E-state index in [1.165, 1.54) is 0 Å². The molecule has 1 atom stereocenters. The molecule has 1 heterocycles. The quantitative estimate of drug-likeness (QED) is 0.0552. The van der Waals surface area contributed by atoms with E-state index in [4.69, 9.17) is 19.6 Å². The first-order valence-electron chi connectivity index (χ1n) is 17.7. The van der Waals surface area contributed by atoms with Crippen LogP contribution in [0.2, 0.25) is 0 Å². The van der Waals surface area contributed by atoms with Crippen LogP contribution >= 0.6 is 0 Å². The van der Waals surface area contributed by atoms with Crippen LogP contribution in [0, 0.1) is 26.2 Å². The lowest BCUT2D eigenvalue weighted by Gasteiger charge is -2.20. The molecular weight excluding hydrogens is 693 g/mol. The maximum absolute atomic E-state index is 13.6. The Kier molecular flexibility index (Phi) is 10.8. The van der Waals surface area contributed by atoms with Crippen molar-refractivity contribution in [1.82, 2.24) is 15.4 Å². The van der Waals surface area contributed by atoms with E-state index in [0.717, 1.165) is 44.7 Å². The van der Waals surface area contributed by atoms with Gasteiger partial charge in [0, 0.05) is 24.4 Å². The van der Waals surface area contributed by atoms with E-state index in [-0.39, 0.29) is 37.0 Å². The minimum absolute atomic E-state index is 0.0256. The average molecular weight is 739 g/mol. The van der Waals surface area contributed by atoms with Crippen molar-refractivity contribution in [1.29, 1.82) is 5.41 Å². The zero-order valence-corrected chi connectivity index (χ0v) is 31.5. The number of carbonyl (C=O) groups excluding carboxylic acids is 2. The lowest BCUT2D eigenvalue weighted by molar-refractivity contribution is -0.147. The number of nitrogens with one attached hydrogen (secondary N) is 4. The van der Waals surface area contributed by atoms with E-state index in [9.17, 15) is 18.0 Å². The van der Waals surface area contributed by atoms with E-state index >= 15 is 0 Å². The second kappa shape index (κ2) is 15.3. The van der Waals surface area contributed by atoms with E-state index in [2.05, 4.69) is 27.5 Å². The molecule has 0 aromatic heterocycles. The Hall–Kier alpha value is -5.36. The fraction of sp³-hybridized carbons (Fsp3) is 0.341. The Balaban J connectivity index is 1.07. The molecule has 1 aliphatic heterocycles. The SMILES string of the molecule is Cc1c(C)c(S(=O)(=O)NC(=N)NCCC[C@@H](NC(=O)OCC2c3ccccc3-c3ccccc32)C(=O)OCc2ccccc2)c(C)c2c1OC(C)(C)C2. The summed E-state index contributed by atoms with van der Waals surface area (Å²) in [5.74, 6) is -0.473. The largest absolute Gasteiger partial charge is 0.487 e. The van der Waals surface area contributed by atoms with Gasteiger partial charge in [-0.1, -0.05) is 78.9 Å². The van der Waals surface area contributed by atoms with Gasteiger partial charge in [-0.15, -0.1) is 0 Å². The van der Waals surface area contributed by atoms with Crippen molar-refractivity contribution in [2.45, 2.75) is 82.9 Å². The van der Waals surface area contributed by atoms with Crippen LogP contribution in [0.4, 0.5) is 4.79 Å².